The Morgan fingerprint density at radius 2 is 1.97 bits per heavy atom. The molecule has 1 unspecified atom stereocenters. The third-order valence-corrected chi connectivity index (χ3v) is 7.05. The van der Waals surface area contributed by atoms with Crippen molar-refractivity contribution in [3.8, 4) is 0 Å². The number of morpholine rings is 1. The van der Waals surface area contributed by atoms with Crippen molar-refractivity contribution in [2.24, 2.45) is 0 Å². The van der Waals surface area contributed by atoms with Crippen molar-refractivity contribution in [2.75, 3.05) is 39.4 Å². The largest absolute Gasteiger partial charge is 0.868 e. The summed E-state index contributed by atoms with van der Waals surface area (Å²) in [5.74, 6) is -1.77. The van der Waals surface area contributed by atoms with Gasteiger partial charge >= 0.3 is 0 Å². The Balaban J connectivity index is 1.69. The molecule has 1 N–H and O–H groups in total. The first-order chi connectivity index (χ1) is 14.9. The Morgan fingerprint density at radius 3 is 2.58 bits per heavy atom. The number of carbonyl (C=O) groups is 2. The van der Waals surface area contributed by atoms with Gasteiger partial charge in [-0.2, -0.15) is 0 Å². The molecule has 1 amide bonds. The fourth-order valence-corrected chi connectivity index (χ4v) is 5.15. The van der Waals surface area contributed by atoms with E-state index in [2.05, 4.69) is 4.98 Å². The van der Waals surface area contributed by atoms with E-state index < -0.39 is 23.5 Å². The SMILES string of the molecule is Cc1nc(C)c(C(=O)C2=C([O-])C(=O)N(CC[NH+]3CCOCC3)C2c2ccc(Cl)cc2)s1. The van der Waals surface area contributed by atoms with Crippen molar-refractivity contribution >= 4 is 34.6 Å². The second-order valence-corrected chi connectivity index (χ2v) is 9.42. The average Bonchev–Trinajstić information content (AvgIpc) is 3.23. The minimum atomic E-state index is -0.730. The molecular formula is C22H24ClN3O4S. The van der Waals surface area contributed by atoms with E-state index in [0.717, 1.165) is 18.1 Å². The zero-order chi connectivity index (χ0) is 22.1. The normalized spacial score (nSPS) is 20.0. The maximum absolute atomic E-state index is 13.4. The number of hydrogen-bond donors (Lipinski definition) is 1. The summed E-state index contributed by atoms with van der Waals surface area (Å²) in [5.41, 5.74) is 1.27. The minimum Gasteiger partial charge on any atom is -0.868 e. The molecule has 0 radical (unpaired) electrons. The Labute approximate surface area is 189 Å². The first-order valence-electron chi connectivity index (χ1n) is 10.2. The quantitative estimate of drug-likeness (QED) is 0.640. The van der Waals surface area contributed by atoms with E-state index in [1.807, 2.05) is 6.92 Å². The first-order valence-corrected chi connectivity index (χ1v) is 11.4. The van der Waals surface area contributed by atoms with Crippen molar-refractivity contribution in [2.45, 2.75) is 19.9 Å². The number of halogens is 1. The molecule has 3 heterocycles. The van der Waals surface area contributed by atoms with E-state index in [1.165, 1.54) is 21.1 Å². The number of Topliss-reactive ketones (excluding diaryl/α,β-unsaturated/α-hetero) is 1. The molecule has 31 heavy (non-hydrogen) atoms. The van der Waals surface area contributed by atoms with Gasteiger partial charge in [0.25, 0.3) is 0 Å². The van der Waals surface area contributed by atoms with Gasteiger partial charge in [-0.3, -0.25) is 9.59 Å². The number of amides is 1. The number of aromatic nitrogens is 1. The zero-order valence-corrected chi connectivity index (χ0v) is 19.0. The van der Waals surface area contributed by atoms with Crippen LogP contribution in [0.3, 0.4) is 0 Å². The van der Waals surface area contributed by atoms with Crippen LogP contribution in [0.1, 0.15) is 32.0 Å². The van der Waals surface area contributed by atoms with Gasteiger partial charge in [-0.15, -0.1) is 11.3 Å². The Kier molecular flexibility index (Phi) is 6.43. The monoisotopic (exact) mass is 461 g/mol. The highest BCUT2D eigenvalue weighted by atomic mass is 35.5. The number of benzene rings is 1. The molecule has 2 aromatic rings. The Bertz CT molecular complexity index is 1030. The lowest BCUT2D eigenvalue weighted by molar-refractivity contribution is -0.907. The van der Waals surface area contributed by atoms with Crippen LogP contribution in [0.4, 0.5) is 0 Å². The summed E-state index contributed by atoms with van der Waals surface area (Å²) in [6.07, 6.45) is 0. The number of quaternary nitrogens is 1. The third kappa shape index (κ3) is 4.39. The molecule has 2 aliphatic heterocycles. The van der Waals surface area contributed by atoms with E-state index in [4.69, 9.17) is 16.3 Å². The summed E-state index contributed by atoms with van der Waals surface area (Å²) in [4.78, 5) is 34.0. The van der Waals surface area contributed by atoms with Crippen LogP contribution in [0.2, 0.25) is 5.02 Å². The molecule has 1 aromatic heterocycles. The number of ketones is 1. The summed E-state index contributed by atoms with van der Waals surface area (Å²) in [6, 6.07) is 6.23. The van der Waals surface area contributed by atoms with Gasteiger partial charge in [-0.25, -0.2) is 4.98 Å². The molecule has 0 aliphatic carbocycles. The predicted octanol–water partition coefficient (Wildman–Crippen LogP) is 0.709. The van der Waals surface area contributed by atoms with E-state index in [-0.39, 0.29) is 5.57 Å². The maximum Gasteiger partial charge on any atom is 0.240 e. The van der Waals surface area contributed by atoms with Crippen LogP contribution in [-0.2, 0) is 9.53 Å². The lowest BCUT2D eigenvalue weighted by Crippen LogP contribution is -3.14. The summed E-state index contributed by atoms with van der Waals surface area (Å²) in [7, 11) is 0. The molecular weight excluding hydrogens is 438 g/mol. The predicted molar refractivity (Wildman–Crippen MR) is 115 cm³/mol. The number of thiazole rings is 1. The standard InChI is InChI=1S/C22H24ClN3O4S/c1-13-21(31-14(2)24-13)19(27)17-18(15-3-5-16(23)6-4-15)26(22(29)20(17)28)8-7-25-9-11-30-12-10-25/h3-6,18,28H,7-12H2,1-2H3. The van der Waals surface area contributed by atoms with Gasteiger partial charge in [-0.05, 0) is 37.3 Å². The maximum atomic E-state index is 13.4. The smallest absolute Gasteiger partial charge is 0.240 e. The fraction of sp³-hybridized carbons (Fsp3) is 0.409. The number of aryl methyl sites for hydroxylation is 2. The van der Waals surface area contributed by atoms with Crippen LogP contribution in [-0.4, -0.2) is 61.0 Å². The summed E-state index contributed by atoms with van der Waals surface area (Å²) in [6.45, 7) is 7.71. The number of carbonyl (C=O) groups excluding carboxylic acids is 2. The Hall–Kier alpha value is -2.26. The second-order valence-electron chi connectivity index (χ2n) is 7.78. The number of nitrogens with one attached hydrogen (secondary N) is 1. The van der Waals surface area contributed by atoms with Gasteiger partial charge in [0.05, 0.1) is 47.9 Å². The van der Waals surface area contributed by atoms with E-state index >= 15 is 0 Å². The van der Waals surface area contributed by atoms with Gasteiger partial charge in [0.1, 0.15) is 13.1 Å². The zero-order valence-electron chi connectivity index (χ0n) is 17.4. The molecule has 164 valence electrons. The molecule has 0 spiro atoms. The van der Waals surface area contributed by atoms with Crippen LogP contribution in [0, 0.1) is 13.8 Å². The molecule has 1 atom stereocenters. The van der Waals surface area contributed by atoms with Crippen molar-refractivity contribution in [1.29, 1.82) is 0 Å². The van der Waals surface area contributed by atoms with Gasteiger partial charge in [0, 0.05) is 10.6 Å². The van der Waals surface area contributed by atoms with Crippen LogP contribution in [0.5, 0.6) is 0 Å². The molecule has 4 rings (SSSR count). The molecule has 9 heteroatoms. The highest BCUT2D eigenvalue weighted by molar-refractivity contribution is 7.14. The Morgan fingerprint density at radius 1 is 1.29 bits per heavy atom. The van der Waals surface area contributed by atoms with Crippen LogP contribution in [0.15, 0.2) is 35.6 Å². The van der Waals surface area contributed by atoms with E-state index in [1.54, 1.807) is 31.2 Å². The van der Waals surface area contributed by atoms with Gasteiger partial charge in [0.15, 0.2) is 0 Å². The molecule has 1 aromatic carbocycles. The third-order valence-electron chi connectivity index (χ3n) is 5.73. The van der Waals surface area contributed by atoms with E-state index in [0.29, 0.717) is 47.5 Å². The molecule has 1 saturated heterocycles. The summed E-state index contributed by atoms with van der Waals surface area (Å²) in [5, 5.41) is 14.3. The van der Waals surface area contributed by atoms with E-state index in [9.17, 15) is 14.7 Å². The van der Waals surface area contributed by atoms with Crippen LogP contribution < -0.4 is 10.0 Å². The fourth-order valence-electron chi connectivity index (χ4n) is 4.15. The second kappa shape index (κ2) is 9.08. The first kappa shape index (κ1) is 22.0. The molecule has 0 bridgehead atoms. The lowest BCUT2D eigenvalue weighted by Gasteiger charge is -2.30. The van der Waals surface area contributed by atoms with Crippen molar-refractivity contribution in [1.82, 2.24) is 9.88 Å². The molecule has 7 nitrogen and oxygen atoms in total. The van der Waals surface area contributed by atoms with Crippen molar-refractivity contribution in [3.05, 3.63) is 61.8 Å². The summed E-state index contributed by atoms with van der Waals surface area (Å²) < 4.78 is 5.40. The minimum absolute atomic E-state index is 0.00366. The molecule has 0 saturated carbocycles. The molecule has 2 aliphatic rings. The number of hydrogen-bond acceptors (Lipinski definition) is 6. The highest BCUT2D eigenvalue weighted by Gasteiger charge is 2.40. The number of nitrogens with zero attached hydrogens (tertiary/aromatic N) is 2. The summed E-state index contributed by atoms with van der Waals surface area (Å²) >= 11 is 7.30. The highest BCUT2D eigenvalue weighted by Crippen LogP contribution is 2.39. The average molecular weight is 462 g/mol. The van der Waals surface area contributed by atoms with Crippen molar-refractivity contribution in [3.63, 3.8) is 0 Å². The van der Waals surface area contributed by atoms with Gasteiger partial charge in [0.2, 0.25) is 11.7 Å². The molecule has 1 fully saturated rings. The topological polar surface area (TPSA) is 87.0 Å². The lowest BCUT2D eigenvalue weighted by atomic mass is 9.95. The van der Waals surface area contributed by atoms with Gasteiger partial charge in [-0.1, -0.05) is 23.7 Å². The van der Waals surface area contributed by atoms with Crippen LogP contribution in [0.25, 0.3) is 0 Å². The van der Waals surface area contributed by atoms with Gasteiger partial charge < -0.3 is 19.6 Å². The van der Waals surface area contributed by atoms with Crippen molar-refractivity contribution < 1.29 is 24.3 Å². The number of rotatable bonds is 6. The van der Waals surface area contributed by atoms with Crippen LogP contribution >= 0.6 is 22.9 Å². The number of ether oxygens (including phenoxy) is 1.